The molecule has 0 bridgehead atoms. The van der Waals surface area contributed by atoms with Crippen LogP contribution in [-0.2, 0) is 16.6 Å². The van der Waals surface area contributed by atoms with E-state index in [-0.39, 0.29) is 12.0 Å². The van der Waals surface area contributed by atoms with Gasteiger partial charge in [0.1, 0.15) is 0 Å². The van der Waals surface area contributed by atoms with Crippen LogP contribution >= 0.6 is 0 Å². The molecular formula is C17H26N6O2S. The highest BCUT2D eigenvalue weighted by Gasteiger charge is 2.33. The molecule has 0 aromatic carbocycles. The number of rotatable bonds is 6. The SMILES string of the molecule is CC(C)n1cc(-c2nccnc2C[C@@H]2CCN(S(=O)(=O)N(C)C)C2)cn1. The minimum absolute atomic E-state index is 0.236. The van der Waals surface area contributed by atoms with E-state index in [1.807, 2.05) is 17.1 Å². The lowest BCUT2D eigenvalue weighted by molar-refractivity contribution is 0.409. The highest BCUT2D eigenvalue weighted by atomic mass is 32.2. The highest BCUT2D eigenvalue weighted by molar-refractivity contribution is 7.86. The minimum atomic E-state index is -3.35. The zero-order valence-electron chi connectivity index (χ0n) is 15.7. The largest absolute Gasteiger partial charge is 0.281 e. The zero-order valence-corrected chi connectivity index (χ0v) is 16.5. The Morgan fingerprint density at radius 1 is 1.27 bits per heavy atom. The second-order valence-electron chi connectivity index (χ2n) is 7.16. The van der Waals surface area contributed by atoms with Gasteiger partial charge in [-0.3, -0.25) is 14.6 Å². The fourth-order valence-corrected chi connectivity index (χ4v) is 4.37. The summed E-state index contributed by atoms with van der Waals surface area (Å²) in [5, 5.41) is 4.38. The average Bonchev–Trinajstić information content (AvgIpc) is 3.25. The molecule has 1 aliphatic heterocycles. The molecular weight excluding hydrogens is 352 g/mol. The van der Waals surface area contributed by atoms with Crippen LogP contribution < -0.4 is 0 Å². The zero-order chi connectivity index (χ0) is 18.9. The Kier molecular flexibility index (Phi) is 5.40. The Hall–Kier alpha value is -1.84. The van der Waals surface area contributed by atoms with Crippen LogP contribution in [0, 0.1) is 5.92 Å². The van der Waals surface area contributed by atoms with Crippen molar-refractivity contribution >= 4 is 10.2 Å². The lowest BCUT2D eigenvalue weighted by Crippen LogP contribution is -2.38. The molecule has 0 aliphatic carbocycles. The van der Waals surface area contributed by atoms with E-state index in [0.717, 1.165) is 23.4 Å². The van der Waals surface area contributed by atoms with Crippen molar-refractivity contribution in [1.29, 1.82) is 0 Å². The maximum absolute atomic E-state index is 12.3. The Balaban J connectivity index is 1.77. The van der Waals surface area contributed by atoms with Crippen molar-refractivity contribution in [3.05, 3.63) is 30.5 Å². The van der Waals surface area contributed by atoms with Crippen LogP contribution in [0.1, 0.15) is 32.0 Å². The Morgan fingerprint density at radius 2 is 2.00 bits per heavy atom. The normalized spacial score (nSPS) is 18.9. The van der Waals surface area contributed by atoms with Crippen molar-refractivity contribution in [3.63, 3.8) is 0 Å². The van der Waals surface area contributed by atoms with Crippen molar-refractivity contribution in [1.82, 2.24) is 28.4 Å². The van der Waals surface area contributed by atoms with Gasteiger partial charge in [-0.15, -0.1) is 0 Å². The molecule has 8 nitrogen and oxygen atoms in total. The van der Waals surface area contributed by atoms with Gasteiger partial charge in [0.05, 0.1) is 17.6 Å². The van der Waals surface area contributed by atoms with Crippen LogP contribution in [0.4, 0.5) is 0 Å². The molecule has 2 aromatic heterocycles. The van der Waals surface area contributed by atoms with Gasteiger partial charge in [0.2, 0.25) is 0 Å². The van der Waals surface area contributed by atoms with Gasteiger partial charge in [0, 0.05) is 57.4 Å². The highest BCUT2D eigenvalue weighted by Crippen LogP contribution is 2.27. The fraction of sp³-hybridized carbons (Fsp3) is 0.588. The van der Waals surface area contributed by atoms with Crippen molar-refractivity contribution < 1.29 is 8.42 Å². The molecule has 9 heteroatoms. The van der Waals surface area contributed by atoms with Crippen molar-refractivity contribution in [2.24, 2.45) is 5.92 Å². The molecule has 26 heavy (non-hydrogen) atoms. The van der Waals surface area contributed by atoms with E-state index in [4.69, 9.17) is 0 Å². The summed E-state index contributed by atoms with van der Waals surface area (Å²) in [7, 11) is -0.222. The summed E-state index contributed by atoms with van der Waals surface area (Å²) in [6, 6.07) is 0.281. The molecule has 0 spiro atoms. The van der Waals surface area contributed by atoms with Gasteiger partial charge in [0.25, 0.3) is 10.2 Å². The van der Waals surface area contributed by atoms with Crippen LogP contribution in [0.15, 0.2) is 24.8 Å². The topological polar surface area (TPSA) is 84.2 Å². The third kappa shape index (κ3) is 3.79. The second kappa shape index (κ2) is 7.42. The van der Waals surface area contributed by atoms with E-state index >= 15 is 0 Å². The van der Waals surface area contributed by atoms with Crippen LogP contribution in [-0.4, -0.2) is 64.0 Å². The summed E-state index contributed by atoms with van der Waals surface area (Å²) in [5.74, 6) is 0.236. The lowest BCUT2D eigenvalue weighted by atomic mass is 10.00. The van der Waals surface area contributed by atoms with Crippen LogP contribution in [0.3, 0.4) is 0 Å². The molecule has 0 amide bonds. The van der Waals surface area contributed by atoms with E-state index in [0.29, 0.717) is 19.5 Å². The van der Waals surface area contributed by atoms with Crippen molar-refractivity contribution in [2.45, 2.75) is 32.7 Å². The molecule has 0 radical (unpaired) electrons. The number of hydrogen-bond donors (Lipinski definition) is 0. The van der Waals surface area contributed by atoms with Gasteiger partial charge in [0.15, 0.2) is 0 Å². The molecule has 142 valence electrons. The summed E-state index contributed by atoms with van der Waals surface area (Å²) >= 11 is 0. The molecule has 3 heterocycles. The molecule has 1 aliphatic rings. The average molecular weight is 379 g/mol. The van der Waals surface area contributed by atoms with E-state index < -0.39 is 10.2 Å². The van der Waals surface area contributed by atoms with Crippen LogP contribution in [0.2, 0.25) is 0 Å². The van der Waals surface area contributed by atoms with Crippen LogP contribution in [0.25, 0.3) is 11.3 Å². The first-order valence-corrected chi connectivity index (χ1v) is 10.2. The Labute approximate surface area is 155 Å². The Morgan fingerprint density at radius 3 is 2.65 bits per heavy atom. The van der Waals surface area contributed by atoms with Crippen LogP contribution in [0.5, 0.6) is 0 Å². The predicted molar refractivity (Wildman–Crippen MR) is 99.6 cm³/mol. The monoisotopic (exact) mass is 378 g/mol. The first-order valence-electron chi connectivity index (χ1n) is 8.81. The molecule has 1 atom stereocenters. The molecule has 0 saturated carbocycles. The summed E-state index contributed by atoms with van der Waals surface area (Å²) in [6.07, 6.45) is 8.70. The fourth-order valence-electron chi connectivity index (χ4n) is 3.18. The number of nitrogens with zero attached hydrogens (tertiary/aromatic N) is 6. The van der Waals surface area contributed by atoms with Gasteiger partial charge < -0.3 is 0 Å². The van der Waals surface area contributed by atoms with E-state index in [2.05, 4.69) is 28.9 Å². The summed E-state index contributed by atoms with van der Waals surface area (Å²) in [4.78, 5) is 9.02. The number of aromatic nitrogens is 4. The first kappa shape index (κ1) is 18.9. The molecule has 0 unspecified atom stereocenters. The number of hydrogen-bond acceptors (Lipinski definition) is 5. The smallest absolute Gasteiger partial charge is 0.270 e. The molecule has 1 fully saturated rings. The molecule has 0 N–H and O–H groups in total. The standard InChI is InChI=1S/C17H26N6O2S/c1-13(2)23-12-15(10-20-23)17-16(18-6-7-19-17)9-14-5-8-22(11-14)26(24,25)21(3)4/h6-7,10,12-14H,5,8-9,11H2,1-4H3/t14-/m0/s1. The van der Waals surface area contributed by atoms with Crippen molar-refractivity contribution in [3.8, 4) is 11.3 Å². The molecule has 1 saturated heterocycles. The van der Waals surface area contributed by atoms with Gasteiger partial charge in [-0.05, 0) is 32.6 Å². The van der Waals surface area contributed by atoms with Gasteiger partial charge in [-0.2, -0.15) is 22.1 Å². The van der Waals surface area contributed by atoms with Gasteiger partial charge in [-0.1, -0.05) is 0 Å². The first-order chi connectivity index (χ1) is 12.3. The van der Waals surface area contributed by atoms with Gasteiger partial charge in [-0.25, -0.2) is 0 Å². The quantitative estimate of drug-likeness (QED) is 0.762. The Bertz CT molecular complexity index is 862. The van der Waals surface area contributed by atoms with E-state index in [1.54, 1.807) is 30.8 Å². The summed E-state index contributed by atoms with van der Waals surface area (Å²) in [5.41, 5.74) is 2.66. The minimum Gasteiger partial charge on any atom is -0.270 e. The van der Waals surface area contributed by atoms with Gasteiger partial charge >= 0.3 is 0 Å². The summed E-state index contributed by atoms with van der Waals surface area (Å²) in [6.45, 7) is 5.22. The third-order valence-corrected chi connectivity index (χ3v) is 6.60. The van der Waals surface area contributed by atoms with Crippen molar-refractivity contribution in [2.75, 3.05) is 27.2 Å². The second-order valence-corrected chi connectivity index (χ2v) is 9.30. The maximum Gasteiger partial charge on any atom is 0.281 e. The maximum atomic E-state index is 12.3. The molecule has 2 aromatic rings. The lowest BCUT2D eigenvalue weighted by Gasteiger charge is -2.20. The molecule has 3 rings (SSSR count). The summed E-state index contributed by atoms with van der Waals surface area (Å²) < 4.78 is 29.3. The van der Waals surface area contributed by atoms with E-state index in [1.165, 1.54) is 4.31 Å². The van der Waals surface area contributed by atoms with E-state index in [9.17, 15) is 8.42 Å². The third-order valence-electron chi connectivity index (χ3n) is 4.70. The predicted octanol–water partition coefficient (Wildman–Crippen LogP) is 1.59.